The Balaban J connectivity index is 1.98. The molecule has 0 bridgehead atoms. The van der Waals surface area contributed by atoms with Crippen molar-refractivity contribution in [3.05, 3.63) is 0 Å². The Morgan fingerprint density at radius 2 is 1.91 bits per heavy atom. The van der Waals surface area contributed by atoms with E-state index >= 15 is 0 Å². The summed E-state index contributed by atoms with van der Waals surface area (Å²) in [5, 5.41) is 0. The van der Waals surface area contributed by atoms with E-state index in [4.69, 9.17) is 4.74 Å². The van der Waals surface area contributed by atoms with Crippen LogP contribution < -0.4 is 0 Å². The Hall–Kier alpha value is -0.130. The van der Waals surface area contributed by atoms with Gasteiger partial charge in [0.05, 0.1) is 17.6 Å². The molecule has 5 heteroatoms. The molecule has 1 heterocycles. The van der Waals surface area contributed by atoms with E-state index in [9.17, 15) is 8.42 Å². The first-order valence-electron chi connectivity index (χ1n) is 8.90. The average Bonchev–Trinajstić information content (AvgIpc) is 2.43. The van der Waals surface area contributed by atoms with Crippen LogP contribution in [0.15, 0.2) is 0 Å². The first-order chi connectivity index (χ1) is 10.4. The molecule has 0 radical (unpaired) electrons. The SMILES string of the molecule is CCO[C@@H]1C[C@@H](N(C)C[C@@H]2CCCS(=O)(=O)C2)C1(CC)CC. The quantitative estimate of drug-likeness (QED) is 0.720. The van der Waals surface area contributed by atoms with E-state index < -0.39 is 9.84 Å². The molecular formula is C17H33NO3S. The largest absolute Gasteiger partial charge is 0.378 e. The molecule has 130 valence electrons. The monoisotopic (exact) mass is 331 g/mol. The molecule has 4 nitrogen and oxygen atoms in total. The molecule has 0 aromatic rings. The van der Waals surface area contributed by atoms with Gasteiger partial charge >= 0.3 is 0 Å². The minimum absolute atomic E-state index is 0.248. The first-order valence-corrected chi connectivity index (χ1v) is 10.7. The molecule has 0 aromatic carbocycles. The van der Waals surface area contributed by atoms with E-state index in [2.05, 4.69) is 32.7 Å². The van der Waals surface area contributed by atoms with Crippen LogP contribution in [0.4, 0.5) is 0 Å². The summed E-state index contributed by atoms with van der Waals surface area (Å²) in [7, 11) is -0.628. The maximum absolute atomic E-state index is 11.8. The molecule has 0 unspecified atom stereocenters. The molecule has 1 saturated carbocycles. The van der Waals surface area contributed by atoms with E-state index in [-0.39, 0.29) is 5.41 Å². The lowest BCUT2D eigenvalue weighted by atomic mass is 9.58. The molecule has 3 atom stereocenters. The summed E-state index contributed by atoms with van der Waals surface area (Å²) in [6.45, 7) is 8.29. The molecule has 22 heavy (non-hydrogen) atoms. The lowest BCUT2D eigenvalue weighted by molar-refractivity contribution is -0.168. The molecular weight excluding hydrogens is 298 g/mol. The molecule has 2 aliphatic rings. The molecule has 1 saturated heterocycles. The Morgan fingerprint density at radius 3 is 2.45 bits per heavy atom. The van der Waals surface area contributed by atoms with Crippen molar-refractivity contribution < 1.29 is 13.2 Å². The normalized spacial score (nSPS) is 33.6. The van der Waals surface area contributed by atoms with Crippen LogP contribution in [0.25, 0.3) is 0 Å². The summed E-state index contributed by atoms with van der Waals surface area (Å²) in [6.07, 6.45) is 5.61. The minimum Gasteiger partial charge on any atom is -0.378 e. The van der Waals surface area contributed by atoms with Crippen LogP contribution in [-0.4, -0.2) is 57.2 Å². The topological polar surface area (TPSA) is 46.6 Å². The Kier molecular flexibility index (Phi) is 5.95. The molecule has 1 aliphatic heterocycles. The summed E-state index contributed by atoms with van der Waals surface area (Å²) >= 11 is 0. The second-order valence-corrected chi connectivity index (χ2v) is 9.43. The van der Waals surface area contributed by atoms with E-state index in [1.807, 2.05) is 0 Å². The van der Waals surface area contributed by atoms with Crippen molar-refractivity contribution in [2.45, 2.75) is 65.0 Å². The van der Waals surface area contributed by atoms with Crippen molar-refractivity contribution in [3.8, 4) is 0 Å². The van der Waals surface area contributed by atoms with Crippen LogP contribution >= 0.6 is 0 Å². The molecule has 0 aromatic heterocycles. The third-order valence-electron chi connectivity index (χ3n) is 6.06. The lowest BCUT2D eigenvalue weighted by Crippen LogP contribution is -2.64. The smallest absolute Gasteiger partial charge is 0.150 e. The van der Waals surface area contributed by atoms with Crippen LogP contribution in [0, 0.1) is 11.3 Å². The van der Waals surface area contributed by atoms with Gasteiger partial charge in [0, 0.05) is 24.6 Å². The van der Waals surface area contributed by atoms with Crippen molar-refractivity contribution in [3.63, 3.8) is 0 Å². The Labute approximate surface area is 136 Å². The van der Waals surface area contributed by atoms with Crippen LogP contribution in [0.2, 0.25) is 0 Å². The predicted octanol–water partition coefficient (Wildman–Crippen LogP) is 2.73. The fraction of sp³-hybridized carbons (Fsp3) is 1.00. The maximum Gasteiger partial charge on any atom is 0.150 e. The van der Waals surface area contributed by atoms with Crippen LogP contribution in [0.5, 0.6) is 0 Å². The summed E-state index contributed by atoms with van der Waals surface area (Å²) in [5.41, 5.74) is 0.248. The second kappa shape index (κ2) is 7.18. The molecule has 0 N–H and O–H groups in total. The van der Waals surface area contributed by atoms with Crippen molar-refractivity contribution in [2.24, 2.45) is 11.3 Å². The maximum atomic E-state index is 11.8. The van der Waals surface area contributed by atoms with Gasteiger partial charge in [-0.15, -0.1) is 0 Å². The molecule has 1 aliphatic carbocycles. The van der Waals surface area contributed by atoms with Crippen molar-refractivity contribution >= 4 is 9.84 Å². The van der Waals surface area contributed by atoms with Crippen molar-refractivity contribution in [1.29, 1.82) is 0 Å². The number of ether oxygens (including phenoxy) is 1. The third-order valence-corrected chi connectivity index (χ3v) is 7.95. The van der Waals surface area contributed by atoms with E-state index in [1.165, 1.54) is 0 Å². The van der Waals surface area contributed by atoms with Crippen LogP contribution in [-0.2, 0) is 14.6 Å². The van der Waals surface area contributed by atoms with Gasteiger partial charge in [-0.2, -0.15) is 0 Å². The van der Waals surface area contributed by atoms with E-state index in [0.717, 1.165) is 45.3 Å². The summed E-state index contributed by atoms with van der Waals surface area (Å²) < 4.78 is 29.6. The zero-order valence-corrected chi connectivity index (χ0v) is 15.5. The first kappa shape index (κ1) is 18.2. The number of sulfone groups is 1. The highest BCUT2D eigenvalue weighted by Gasteiger charge is 2.54. The number of hydrogen-bond donors (Lipinski definition) is 0. The minimum atomic E-state index is -2.80. The van der Waals surface area contributed by atoms with Crippen molar-refractivity contribution in [1.82, 2.24) is 4.90 Å². The highest BCUT2D eigenvalue weighted by Crippen LogP contribution is 2.51. The summed E-state index contributed by atoms with van der Waals surface area (Å²) in [4.78, 5) is 2.42. The highest BCUT2D eigenvalue weighted by molar-refractivity contribution is 7.91. The standard InChI is InChI=1S/C17H33NO3S/c1-5-17(6-2)15(11-16(17)21-7-3)18(4)12-14-9-8-10-22(19,20)13-14/h14-16H,5-13H2,1-4H3/t14-,15+,16+/m0/s1. The van der Waals surface area contributed by atoms with Gasteiger partial charge in [-0.1, -0.05) is 13.8 Å². The number of nitrogens with zero attached hydrogens (tertiary/aromatic N) is 1. The molecule has 0 spiro atoms. The second-order valence-electron chi connectivity index (χ2n) is 7.20. The fourth-order valence-electron chi connectivity index (χ4n) is 4.75. The van der Waals surface area contributed by atoms with Gasteiger partial charge in [-0.25, -0.2) is 8.42 Å². The predicted molar refractivity (Wildman–Crippen MR) is 90.8 cm³/mol. The zero-order valence-electron chi connectivity index (χ0n) is 14.7. The lowest BCUT2D eigenvalue weighted by Gasteiger charge is -2.58. The third kappa shape index (κ3) is 3.51. The Bertz CT molecular complexity index is 459. The van der Waals surface area contributed by atoms with E-state index in [1.54, 1.807) is 0 Å². The van der Waals surface area contributed by atoms with Crippen LogP contribution in [0.1, 0.15) is 52.9 Å². The molecule has 2 rings (SSSR count). The summed E-state index contributed by atoms with van der Waals surface area (Å²) in [5.74, 6) is 1.07. The molecule has 0 amide bonds. The Morgan fingerprint density at radius 1 is 1.23 bits per heavy atom. The zero-order chi connectivity index (χ0) is 16.4. The molecule has 2 fully saturated rings. The van der Waals surface area contributed by atoms with Crippen molar-refractivity contribution in [2.75, 3.05) is 31.7 Å². The number of rotatable bonds is 7. The van der Waals surface area contributed by atoms with E-state index in [0.29, 0.717) is 29.6 Å². The van der Waals surface area contributed by atoms with Gasteiger partial charge < -0.3 is 9.64 Å². The van der Waals surface area contributed by atoms with Gasteiger partial charge in [-0.3, -0.25) is 0 Å². The summed E-state index contributed by atoms with van der Waals surface area (Å²) in [6, 6.07) is 0.531. The average molecular weight is 332 g/mol. The van der Waals surface area contributed by atoms with Gasteiger partial charge in [0.15, 0.2) is 9.84 Å². The highest BCUT2D eigenvalue weighted by atomic mass is 32.2. The number of hydrogen-bond acceptors (Lipinski definition) is 4. The van der Waals surface area contributed by atoms with Gasteiger partial charge in [0.2, 0.25) is 0 Å². The fourth-order valence-corrected chi connectivity index (χ4v) is 6.52. The van der Waals surface area contributed by atoms with Gasteiger partial charge in [0.1, 0.15) is 0 Å². The van der Waals surface area contributed by atoms with Gasteiger partial charge in [0.25, 0.3) is 0 Å². The van der Waals surface area contributed by atoms with Gasteiger partial charge in [-0.05, 0) is 52.0 Å². The van der Waals surface area contributed by atoms with Crippen LogP contribution in [0.3, 0.4) is 0 Å².